The third-order valence-corrected chi connectivity index (χ3v) is 6.19. The van der Waals surface area contributed by atoms with Crippen LogP contribution in [-0.2, 0) is 20.8 Å². The number of hydrogen-bond donors (Lipinski definition) is 1. The van der Waals surface area contributed by atoms with Crippen molar-refractivity contribution in [2.75, 3.05) is 26.9 Å². The van der Waals surface area contributed by atoms with Crippen molar-refractivity contribution in [3.05, 3.63) is 17.5 Å². The Kier molecular flexibility index (Phi) is 7.69. The molecule has 0 saturated heterocycles. The minimum atomic E-state index is -1.11. The molecule has 2 heterocycles. The minimum absolute atomic E-state index is 0.0791. The average molecular weight is 435 g/mol. The van der Waals surface area contributed by atoms with Crippen molar-refractivity contribution in [3.8, 4) is 0 Å². The number of methoxy groups -OCH3 is 1. The summed E-state index contributed by atoms with van der Waals surface area (Å²) in [6.07, 6.45) is 7.11. The van der Waals surface area contributed by atoms with Gasteiger partial charge in [0.05, 0.1) is 13.2 Å². The number of aromatic nitrogens is 2. The van der Waals surface area contributed by atoms with Crippen LogP contribution in [0.1, 0.15) is 79.8 Å². The van der Waals surface area contributed by atoms with E-state index in [2.05, 4.69) is 10.4 Å². The lowest BCUT2D eigenvalue weighted by Crippen LogP contribution is -2.65. The Morgan fingerprint density at radius 3 is 2.61 bits per heavy atom. The van der Waals surface area contributed by atoms with Gasteiger partial charge in [-0.3, -0.25) is 14.3 Å². The summed E-state index contributed by atoms with van der Waals surface area (Å²) in [4.78, 5) is 40.6. The Morgan fingerprint density at radius 2 is 1.97 bits per heavy atom. The van der Waals surface area contributed by atoms with Crippen LogP contribution in [-0.4, -0.2) is 70.9 Å². The second-order valence-corrected chi connectivity index (χ2v) is 8.53. The van der Waals surface area contributed by atoms with E-state index in [0.717, 1.165) is 25.7 Å². The van der Waals surface area contributed by atoms with E-state index >= 15 is 0 Å². The van der Waals surface area contributed by atoms with Gasteiger partial charge in [-0.05, 0) is 33.1 Å². The maximum atomic E-state index is 13.5. The molecular weight excluding hydrogens is 400 g/mol. The third kappa shape index (κ3) is 5.08. The summed E-state index contributed by atoms with van der Waals surface area (Å²) in [6, 6.07) is 1.57. The van der Waals surface area contributed by atoms with Gasteiger partial charge in [0.1, 0.15) is 11.2 Å². The van der Waals surface area contributed by atoms with Crippen LogP contribution < -0.4 is 5.32 Å². The molecule has 1 atom stereocenters. The largest absolute Gasteiger partial charge is 0.461 e. The van der Waals surface area contributed by atoms with Crippen LogP contribution in [0.3, 0.4) is 0 Å². The molecule has 0 spiro atoms. The molecule has 1 fully saturated rings. The topological polar surface area (TPSA) is 103 Å². The Hall–Kier alpha value is -2.42. The maximum Gasteiger partial charge on any atom is 0.358 e. The number of fused-ring (bicyclic) bond motifs is 1. The molecule has 172 valence electrons. The molecule has 1 N–H and O–H groups in total. The molecule has 2 amide bonds. The van der Waals surface area contributed by atoms with Gasteiger partial charge >= 0.3 is 5.97 Å². The second-order valence-electron chi connectivity index (χ2n) is 8.53. The minimum Gasteiger partial charge on any atom is -0.461 e. The zero-order valence-electron chi connectivity index (χ0n) is 18.8. The lowest BCUT2D eigenvalue weighted by atomic mass is 9.93. The zero-order chi connectivity index (χ0) is 22.4. The first-order valence-electron chi connectivity index (χ1n) is 11.3. The van der Waals surface area contributed by atoms with E-state index in [1.54, 1.807) is 25.9 Å². The van der Waals surface area contributed by atoms with Crippen LogP contribution in [0.15, 0.2) is 6.07 Å². The summed E-state index contributed by atoms with van der Waals surface area (Å²) >= 11 is 0. The average Bonchev–Trinajstić information content (AvgIpc) is 2.99. The predicted molar refractivity (Wildman–Crippen MR) is 114 cm³/mol. The first kappa shape index (κ1) is 23.2. The highest BCUT2D eigenvalue weighted by molar-refractivity contribution is 6.01. The Bertz CT molecular complexity index is 800. The Morgan fingerprint density at radius 1 is 1.26 bits per heavy atom. The van der Waals surface area contributed by atoms with Crippen molar-refractivity contribution in [2.24, 2.45) is 0 Å². The predicted octanol–water partition coefficient (Wildman–Crippen LogP) is 2.15. The van der Waals surface area contributed by atoms with Crippen LogP contribution in [0.2, 0.25) is 0 Å². The molecule has 0 aromatic carbocycles. The van der Waals surface area contributed by atoms with Gasteiger partial charge in [-0.15, -0.1) is 0 Å². The van der Waals surface area contributed by atoms with Crippen molar-refractivity contribution in [3.63, 3.8) is 0 Å². The molecule has 0 radical (unpaired) electrons. The fourth-order valence-electron chi connectivity index (χ4n) is 4.43. The molecular formula is C22H34N4O5. The van der Waals surface area contributed by atoms with Gasteiger partial charge in [-0.2, -0.15) is 5.10 Å². The van der Waals surface area contributed by atoms with E-state index in [0.29, 0.717) is 25.3 Å². The first-order chi connectivity index (χ1) is 14.9. The smallest absolute Gasteiger partial charge is 0.358 e. The monoisotopic (exact) mass is 434 g/mol. The molecule has 1 aromatic heterocycles. The zero-order valence-corrected chi connectivity index (χ0v) is 18.8. The number of esters is 1. The van der Waals surface area contributed by atoms with E-state index in [9.17, 15) is 14.4 Å². The lowest BCUT2D eigenvalue weighted by molar-refractivity contribution is -0.134. The van der Waals surface area contributed by atoms with Gasteiger partial charge in [-0.1, -0.05) is 25.7 Å². The van der Waals surface area contributed by atoms with Gasteiger partial charge < -0.3 is 19.7 Å². The first-order valence-corrected chi connectivity index (χ1v) is 11.3. The van der Waals surface area contributed by atoms with Gasteiger partial charge in [0.25, 0.3) is 5.91 Å². The second kappa shape index (κ2) is 10.3. The van der Waals surface area contributed by atoms with Gasteiger partial charge in [0.15, 0.2) is 5.69 Å². The van der Waals surface area contributed by atoms with Crippen LogP contribution >= 0.6 is 0 Å². The summed E-state index contributed by atoms with van der Waals surface area (Å²) < 4.78 is 11.6. The summed E-state index contributed by atoms with van der Waals surface area (Å²) in [7, 11) is 1.61. The summed E-state index contributed by atoms with van der Waals surface area (Å²) in [5.41, 5.74) is -0.738. The highest BCUT2D eigenvalue weighted by Gasteiger charge is 2.48. The van der Waals surface area contributed by atoms with Crippen LogP contribution in [0.25, 0.3) is 0 Å². The number of carbonyl (C=O) groups is 3. The molecule has 9 nitrogen and oxygen atoms in total. The molecule has 3 rings (SSSR count). The molecule has 1 saturated carbocycles. The summed E-state index contributed by atoms with van der Waals surface area (Å²) in [6.45, 7) is 4.75. The normalized spacial score (nSPS) is 22.0. The number of nitrogens with one attached hydrogen (secondary N) is 1. The Labute approximate surface area is 183 Å². The van der Waals surface area contributed by atoms with Gasteiger partial charge in [-0.25, -0.2) is 4.79 Å². The number of rotatable bonds is 8. The van der Waals surface area contributed by atoms with Crippen LogP contribution in [0, 0.1) is 0 Å². The number of ether oxygens (including phenoxy) is 2. The molecule has 1 aromatic rings. The van der Waals surface area contributed by atoms with Crippen LogP contribution in [0.5, 0.6) is 0 Å². The van der Waals surface area contributed by atoms with Crippen molar-refractivity contribution in [1.82, 2.24) is 20.0 Å². The third-order valence-electron chi connectivity index (χ3n) is 6.19. The fraction of sp³-hybridized carbons (Fsp3) is 0.727. The Balaban J connectivity index is 1.87. The van der Waals surface area contributed by atoms with Crippen molar-refractivity contribution < 1.29 is 23.9 Å². The molecule has 1 aliphatic heterocycles. The maximum absolute atomic E-state index is 13.5. The summed E-state index contributed by atoms with van der Waals surface area (Å²) in [5, 5.41) is 7.47. The van der Waals surface area contributed by atoms with Crippen LogP contribution in [0.4, 0.5) is 0 Å². The highest BCUT2D eigenvalue weighted by Crippen LogP contribution is 2.29. The number of nitrogens with zero attached hydrogens (tertiary/aromatic N) is 3. The molecule has 1 aliphatic carbocycles. The number of carbonyl (C=O) groups excluding carboxylic acids is 3. The van der Waals surface area contributed by atoms with E-state index < -0.39 is 11.5 Å². The molecule has 2 aliphatic rings. The van der Waals surface area contributed by atoms with Gasteiger partial charge in [0.2, 0.25) is 5.91 Å². The summed E-state index contributed by atoms with van der Waals surface area (Å²) in [5.74, 6) is -1.07. The van der Waals surface area contributed by atoms with E-state index in [4.69, 9.17) is 9.47 Å². The highest BCUT2D eigenvalue weighted by atomic mass is 16.5. The number of amides is 2. The molecule has 9 heteroatoms. The molecule has 0 bridgehead atoms. The lowest BCUT2D eigenvalue weighted by Gasteiger charge is -2.43. The number of hydrogen-bond acceptors (Lipinski definition) is 6. The fourth-order valence-corrected chi connectivity index (χ4v) is 4.43. The van der Waals surface area contributed by atoms with E-state index in [-0.39, 0.29) is 36.7 Å². The SMILES string of the molecule is CCOC(=O)c1cc2n(n1)C[C@@](C)(C(=O)NC1CCCCCC1)N(CCCOC)C2=O. The standard InChI is InChI=1S/C22H34N4O5/c1-4-31-20(28)17-14-18-19(27)25(12-9-13-30-3)22(2,15-26(18)24-17)21(29)23-16-10-7-5-6-8-11-16/h14,16H,4-13,15H2,1-3H3,(H,23,29)/t22-/m0/s1. The van der Waals surface area contributed by atoms with E-state index in [1.165, 1.54) is 23.6 Å². The van der Waals surface area contributed by atoms with E-state index in [1.807, 2.05) is 0 Å². The van der Waals surface area contributed by atoms with Gasteiger partial charge in [0, 0.05) is 32.4 Å². The molecule has 31 heavy (non-hydrogen) atoms. The molecule has 0 unspecified atom stereocenters. The van der Waals surface area contributed by atoms with Crippen molar-refractivity contribution in [2.45, 2.75) is 76.9 Å². The van der Waals surface area contributed by atoms with Crippen molar-refractivity contribution >= 4 is 17.8 Å². The van der Waals surface area contributed by atoms with Crippen molar-refractivity contribution in [1.29, 1.82) is 0 Å². The quantitative estimate of drug-likeness (QED) is 0.382.